The van der Waals surface area contributed by atoms with Crippen LogP contribution in [0, 0.1) is 0 Å². The van der Waals surface area contributed by atoms with E-state index in [9.17, 15) is 0 Å². The molecule has 40 valence electrons. The minimum atomic E-state index is -2.13. The molecule has 0 saturated carbocycles. The molecular formula is C4H6Br2Sn. The van der Waals surface area contributed by atoms with Crippen LogP contribution < -0.4 is 0 Å². The van der Waals surface area contributed by atoms with Crippen LogP contribution in [-0.2, 0) is 0 Å². The third-order valence-corrected chi connectivity index (χ3v) is 12.3. The van der Waals surface area contributed by atoms with Crippen molar-refractivity contribution in [3.63, 3.8) is 0 Å². The Morgan fingerprint density at radius 2 is 1.43 bits per heavy atom. The Hall–Kier alpha value is 1.24. The van der Waals surface area contributed by atoms with Gasteiger partial charge in [0.25, 0.3) is 0 Å². The fourth-order valence-electron chi connectivity index (χ4n) is 0.0833. The second kappa shape index (κ2) is 3.30. The second-order valence-electron chi connectivity index (χ2n) is 1.08. The van der Waals surface area contributed by atoms with Gasteiger partial charge in [0.15, 0.2) is 0 Å². The van der Waals surface area contributed by atoms with E-state index >= 15 is 0 Å². The molecule has 0 spiro atoms. The van der Waals surface area contributed by atoms with Gasteiger partial charge in [-0.2, -0.15) is 0 Å². The van der Waals surface area contributed by atoms with Crippen molar-refractivity contribution >= 4 is 39.3 Å². The summed E-state index contributed by atoms with van der Waals surface area (Å²) in [6.45, 7) is 7.26. The van der Waals surface area contributed by atoms with E-state index < -0.39 is 13.9 Å². The molecule has 0 amide bonds. The van der Waals surface area contributed by atoms with Crippen LogP contribution in [0.5, 0.6) is 0 Å². The average Bonchev–Trinajstić information content (AvgIpc) is 1.68. The Kier molecular flexibility index (Phi) is 3.88. The van der Waals surface area contributed by atoms with E-state index in [2.05, 4.69) is 38.6 Å². The summed E-state index contributed by atoms with van der Waals surface area (Å²) in [5, 5.41) is 0. The Morgan fingerprint density at radius 1 is 1.14 bits per heavy atom. The van der Waals surface area contributed by atoms with Crippen LogP contribution in [-0.4, -0.2) is 13.9 Å². The maximum atomic E-state index is 3.63. The van der Waals surface area contributed by atoms with Crippen molar-refractivity contribution in [3.8, 4) is 0 Å². The summed E-state index contributed by atoms with van der Waals surface area (Å²) >= 11 is 4.81. The quantitative estimate of drug-likeness (QED) is 0.682. The zero-order chi connectivity index (χ0) is 5.91. The van der Waals surface area contributed by atoms with Gasteiger partial charge in [-0.05, 0) is 0 Å². The van der Waals surface area contributed by atoms with Crippen molar-refractivity contribution in [2.45, 2.75) is 0 Å². The van der Waals surface area contributed by atoms with Gasteiger partial charge in [0.05, 0.1) is 0 Å². The molecule has 0 aliphatic carbocycles. The monoisotopic (exact) mass is 332 g/mol. The van der Waals surface area contributed by atoms with Crippen LogP contribution in [0.3, 0.4) is 0 Å². The summed E-state index contributed by atoms with van der Waals surface area (Å²) in [6, 6.07) is 0. The first kappa shape index (κ1) is 8.24. The molecule has 0 saturated heterocycles. The van der Waals surface area contributed by atoms with Crippen molar-refractivity contribution < 1.29 is 0 Å². The molecule has 0 unspecified atom stereocenters. The molecule has 0 fully saturated rings. The van der Waals surface area contributed by atoms with Crippen molar-refractivity contribution in [1.29, 1.82) is 0 Å². The average molecular weight is 333 g/mol. The van der Waals surface area contributed by atoms with Crippen LogP contribution in [0.2, 0.25) is 0 Å². The van der Waals surface area contributed by atoms with E-state index in [0.29, 0.717) is 0 Å². The molecule has 0 heterocycles. The van der Waals surface area contributed by atoms with E-state index in [4.69, 9.17) is 0 Å². The Balaban J connectivity index is 3.82. The molecule has 0 N–H and O–H groups in total. The normalized spacial score (nSPS) is 10.6. The molecular weight excluding hydrogens is 327 g/mol. The summed E-state index contributed by atoms with van der Waals surface area (Å²) < 4.78 is 3.84. The Bertz CT molecular complexity index is 77.7. The Morgan fingerprint density at radius 3 is 1.43 bits per heavy atom. The first-order chi connectivity index (χ1) is 3.12. The van der Waals surface area contributed by atoms with Gasteiger partial charge in [0.2, 0.25) is 0 Å². The van der Waals surface area contributed by atoms with E-state index in [0.717, 1.165) is 0 Å². The molecule has 0 aromatic carbocycles. The Labute approximate surface area is 60.1 Å². The van der Waals surface area contributed by atoms with Crippen molar-refractivity contribution in [2.24, 2.45) is 0 Å². The molecule has 0 aromatic heterocycles. The van der Waals surface area contributed by atoms with Crippen molar-refractivity contribution in [1.82, 2.24) is 0 Å². The van der Waals surface area contributed by atoms with E-state index in [1.165, 1.54) is 0 Å². The van der Waals surface area contributed by atoms with Crippen molar-refractivity contribution in [3.05, 3.63) is 21.3 Å². The molecule has 0 radical (unpaired) electrons. The van der Waals surface area contributed by atoms with Gasteiger partial charge in [-0.3, -0.25) is 0 Å². The number of rotatable bonds is 2. The van der Waals surface area contributed by atoms with Gasteiger partial charge in [-0.15, -0.1) is 0 Å². The molecule has 0 rings (SSSR count). The van der Waals surface area contributed by atoms with E-state index in [1.807, 2.05) is 8.18 Å². The first-order valence-corrected chi connectivity index (χ1v) is 17.9. The SMILES string of the molecule is C=[CH][Sn]([Br])([Br])[CH]=C. The second-order valence-corrected chi connectivity index (χ2v) is 32.0. The zero-order valence-electron chi connectivity index (χ0n) is 3.82. The van der Waals surface area contributed by atoms with Gasteiger partial charge in [-0.25, -0.2) is 0 Å². The molecule has 0 aliphatic heterocycles. The van der Waals surface area contributed by atoms with E-state index in [-0.39, 0.29) is 0 Å². The molecule has 0 nitrogen and oxygen atoms in total. The molecule has 0 aromatic rings. The summed E-state index contributed by atoms with van der Waals surface area (Å²) in [5.41, 5.74) is 0. The van der Waals surface area contributed by atoms with Gasteiger partial charge >= 0.3 is 60.7 Å². The third-order valence-electron chi connectivity index (χ3n) is 0.544. The van der Waals surface area contributed by atoms with Gasteiger partial charge in [0, 0.05) is 0 Å². The predicted molar refractivity (Wildman–Crippen MR) is 44.0 cm³/mol. The molecule has 0 atom stereocenters. The summed E-state index contributed by atoms with van der Waals surface area (Å²) in [4.78, 5) is 0. The molecule has 0 aliphatic rings. The summed E-state index contributed by atoms with van der Waals surface area (Å²) in [7, 11) is 0. The van der Waals surface area contributed by atoms with E-state index in [1.54, 1.807) is 0 Å². The first-order valence-electron chi connectivity index (χ1n) is 1.77. The number of hydrogen-bond donors (Lipinski definition) is 0. The van der Waals surface area contributed by atoms with Crippen LogP contribution in [0.4, 0.5) is 0 Å². The number of hydrogen-bond acceptors (Lipinski definition) is 0. The minimum absolute atomic E-state index is 1.92. The molecule has 7 heavy (non-hydrogen) atoms. The van der Waals surface area contributed by atoms with Gasteiger partial charge < -0.3 is 0 Å². The standard InChI is InChI=1S/2C2H3.2BrH.Sn/c2*1-2;;;/h2*1H,2H2;2*1H;/q;;;;+2/p-2. The topological polar surface area (TPSA) is 0 Å². The van der Waals surface area contributed by atoms with Crippen LogP contribution >= 0.6 is 25.4 Å². The summed E-state index contributed by atoms with van der Waals surface area (Å²) in [5.74, 6) is 0. The zero-order valence-corrected chi connectivity index (χ0v) is 9.85. The summed E-state index contributed by atoms with van der Waals surface area (Å²) in [6.07, 6.45) is 0. The third kappa shape index (κ3) is 3.79. The molecule has 0 bridgehead atoms. The fourth-order valence-corrected chi connectivity index (χ4v) is 0.559. The predicted octanol–water partition coefficient (Wildman–Crippen LogP) is 2.67. The maximum absolute atomic E-state index is 3.63. The van der Waals surface area contributed by atoms with Gasteiger partial charge in [0.1, 0.15) is 0 Å². The van der Waals surface area contributed by atoms with Crippen LogP contribution in [0.1, 0.15) is 0 Å². The van der Waals surface area contributed by atoms with Crippen LogP contribution in [0.25, 0.3) is 0 Å². The molecule has 3 heteroatoms. The van der Waals surface area contributed by atoms with Crippen molar-refractivity contribution in [2.75, 3.05) is 0 Å². The fraction of sp³-hybridized carbons (Fsp3) is 0. The number of halogens is 2. The van der Waals surface area contributed by atoms with Crippen LogP contribution in [0.15, 0.2) is 21.3 Å². The van der Waals surface area contributed by atoms with Gasteiger partial charge in [-0.1, -0.05) is 0 Å².